The lowest BCUT2D eigenvalue weighted by molar-refractivity contribution is 0.0432. The minimum absolute atomic E-state index is 0.107. The van der Waals surface area contributed by atoms with E-state index in [1.165, 1.54) is 0 Å². The Balaban J connectivity index is 1.35. The number of hydrogen-bond donors (Lipinski definition) is 1. The van der Waals surface area contributed by atoms with E-state index < -0.39 is 6.09 Å². The minimum atomic E-state index is -0.485. The van der Waals surface area contributed by atoms with Gasteiger partial charge in [0.25, 0.3) is 0 Å². The van der Waals surface area contributed by atoms with E-state index in [9.17, 15) is 9.59 Å². The van der Waals surface area contributed by atoms with Crippen LogP contribution in [0, 0.1) is 5.92 Å². The molecule has 4 rings (SSSR count). The summed E-state index contributed by atoms with van der Waals surface area (Å²) in [5, 5.41) is 2.74. The quantitative estimate of drug-likeness (QED) is 0.852. The van der Waals surface area contributed by atoms with Crippen molar-refractivity contribution < 1.29 is 19.1 Å². The van der Waals surface area contributed by atoms with E-state index in [1.54, 1.807) is 4.90 Å². The second kappa shape index (κ2) is 8.33. The van der Waals surface area contributed by atoms with Crippen LogP contribution < -0.4 is 5.32 Å². The third-order valence-electron chi connectivity index (χ3n) is 5.50. The Morgan fingerprint density at radius 1 is 0.964 bits per heavy atom. The van der Waals surface area contributed by atoms with Crippen LogP contribution in [0.2, 0.25) is 0 Å². The largest absolute Gasteiger partial charge is 0.445 e. The molecule has 28 heavy (non-hydrogen) atoms. The van der Waals surface area contributed by atoms with Crippen LogP contribution in [0.25, 0.3) is 0 Å². The Morgan fingerprint density at radius 3 is 2.43 bits per heavy atom. The van der Waals surface area contributed by atoms with Gasteiger partial charge in [-0.25, -0.2) is 9.59 Å². The molecule has 6 nitrogen and oxygen atoms in total. The van der Waals surface area contributed by atoms with Gasteiger partial charge in [-0.2, -0.15) is 0 Å². The highest BCUT2D eigenvalue weighted by Crippen LogP contribution is 2.40. The summed E-state index contributed by atoms with van der Waals surface area (Å²) in [6, 6.07) is 18.7. The van der Waals surface area contributed by atoms with Gasteiger partial charge in [0.05, 0.1) is 6.04 Å². The molecule has 2 aliphatic rings. The fourth-order valence-electron chi connectivity index (χ4n) is 4.20. The summed E-state index contributed by atoms with van der Waals surface area (Å²) < 4.78 is 11.2. The van der Waals surface area contributed by atoms with E-state index in [1.807, 2.05) is 60.7 Å². The molecule has 2 fully saturated rings. The van der Waals surface area contributed by atoms with Gasteiger partial charge in [-0.05, 0) is 42.9 Å². The lowest BCUT2D eigenvalue weighted by atomic mass is 10.0. The van der Waals surface area contributed by atoms with Crippen molar-refractivity contribution >= 4 is 17.9 Å². The van der Waals surface area contributed by atoms with Gasteiger partial charge in [-0.3, -0.25) is 5.32 Å². The fraction of sp³-hybridized carbons (Fsp3) is 0.364. The van der Waals surface area contributed by atoms with E-state index >= 15 is 0 Å². The SMILES string of the molecule is O=C(Nc1ccccc1)O[C@H]1CC[C@@H]2CCN(C(=O)OCc3ccccc3)[C@@H]21. The first kappa shape index (κ1) is 18.3. The van der Waals surface area contributed by atoms with Gasteiger partial charge in [0, 0.05) is 12.2 Å². The molecule has 0 bridgehead atoms. The first-order chi connectivity index (χ1) is 13.7. The van der Waals surface area contributed by atoms with E-state index in [0.29, 0.717) is 18.2 Å². The summed E-state index contributed by atoms with van der Waals surface area (Å²) in [7, 11) is 0. The highest BCUT2D eigenvalue weighted by Gasteiger charge is 2.48. The monoisotopic (exact) mass is 380 g/mol. The number of anilines is 1. The lowest BCUT2D eigenvalue weighted by Crippen LogP contribution is -2.44. The van der Waals surface area contributed by atoms with Crippen LogP contribution in [0.5, 0.6) is 0 Å². The highest BCUT2D eigenvalue weighted by atomic mass is 16.6. The Hall–Kier alpha value is -3.02. The van der Waals surface area contributed by atoms with Gasteiger partial charge < -0.3 is 14.4 Å². The van der Waals surface area contributed by atoms with Crippen molar-refractivity contribution in [2.24, 2.45) is 5.92 Å². The highest BCUT2D eigenvalue weighted by molar-refractivity contribution is 5.84. The van der Waals surface area contributed by atoms with Crippen molar-refractivity contribution in [3.8, 4) is 0 Å². The molecule has 0 aromatic heterocycles. The van der Waals surface area contributed by atoms with Gasteiger partial charge in [0.2, 0.25) is 0 Å². The molecule has 2 aromatic rings. The number of fused-ring (bicyclic) bond motifs is 1. The number of benzene rings is 2. The maximum absolute atomic E-state index is 12.6. The van der Waals surface area contributed by atoms with E-state index in [-0.39, 0.29) is 24.8 Å². The van der Waals surface area contributed by atoms with Gasteiger partial charge in [0.15, 0.2) is 0 Å². The minimum Gasteiger partial charge on any atom is -0.445 e. The number of amides is 2. The number of para-hydroxylation sites is 1. The van der Waals surface area contributed by atoms with Crippen LogP contribution >= 0.6 is 0 Å². The smallest absolute Gasteiger partial charge is 0.411 e. The number of nitrogens with one attached hydrogen (secondary N) is 1. The van der Waals surface area contributed by atoms with Gasteiger partial charge in [-0.15, -0.1) is 0 Å². The zero-order valence-electron chi connectivity index (χ0n) is 15.6. The molecule has 0 unspecified atom stereocenters. The van der Waals surface area contributed by atoms with E-state index in [0.717, 1.165) is 24.8 Å². The number of likely N-dealkylation sites (tertiary alicyclic amines) is 1. The van der Waals surface area contributed by atoms with Crippen LogP contribution in [-0.2, 0) is 16.1 Å². The molecule has 1 aliphatic heterocycles. The molecule has 2 amide bonds. The molecule has 1 N–H and O–H groups in total. The molecule has 0 radical (unpaired) electrons. The van der Waals surface area contributed by atoms with Crippen molar-refractivity contribution in [1.82, 2.24) is 4.90 Å². The van der Waals surface area contributed by atoms with Gasteiger partial charge >= 0.3 is 12.2 Å². The average molecular weight is 380 g/mol. The third-order valence-corrected chi connectivity index (χ3v) is 5.50. The predicted molar refractivity (Wildman–Crippen MR) is 105 cm³/mol. The van der Waals surface area contributed by atoms with Crippen LogP contribution in [0.1, 0.15) is 24.8 Å². The van der Waals surface area contributed by atoms with Crippen molar-refractivity contribution in [2.45, 2.75) is 38.0 Å². The van der Waals surface area contributed by atoms with Crippen molar-refractivity contribution in [3.05, 3.63) is 66.2 Å². The molecule has 1 heterocycles. The molecule has 3 atom stereocenters. The lowest BCUT2D eigenvalue weighted by Gasteiger charge is -2.28. The number of carbonyl (C=O) groups is 2. The molecule has 1 saturated carbocycles. The second-order valence-electron chi connectivity index (χ2n) is 7.29. The first-order valence-corrected chi connectivity index (χ1v) is 9.71. The zero-order valence-corrected chi connectivity index (χ0v) is 15.6. The number of hydrogen-bond acceptors (Lipinski definition) is 4. The van der Waals surface area contributed by atoms with Crippen molar-refractivity contribution in [3.63, 3.8) is 0 Å². The van der Waals surface area contributed by atoms with Crippen molar-refractivity contribution in [2.75, 3.05) is 11.9 Å². The van der Waals surface area contributed by atoms with Gasteiger partial charge in [0.1, 0.15) is 12.7 Å². The van der Waals surface area contributed by atoms with Crippen LogP contribution in [0.4, 0.5) is 15.3 Å². The summed E-state index contributed by atoms with van der Waals surface area (Å²) in [4.78, 5) is 26.6. The Labute approximate surface area is 164 Å². The summed E-state index contributed by atoms with van der Waals surface area (Å²) in [6.07, 6.45) is 1.51. The Kier molecular flexibility index (Phi) is 5.46. The third kappa shape index (κ3) is 4.11. The average Bonchev–Trinajstić information content (AvgIpc) is 3.31. The van der Waals surface area contributed by atoms with E-state index in [2.05, 4.69) is 5.32 Å². The zero-order chi connectivity index (χ0) is 19.3. The molecule has 1 saturated heterocycles. The normalized spacial score (nSPS) is 23.1. The van der Waals surface area contributed by atoms with Crippen LogP contribution in [0.15, 0.2) is 60.7 Å². The number of ether oxygens (including phenoxy) is 2. The summed E-state index contributed by atoms with van der Waals surface area (Å²) in [6.45, 7) is 0.886. The molecular weight excluding hydrogens is 356 g/mol. The molecule has 1 aliphatic carbocycles. The first-order valence-electron chi connectivity index (χ1n) is 9.71. The Morgan fingerprint density at radius 2 is 1.68 bits per heavy atom. The van der Waals surface area contributed by atoms with Crippen molar-refractivity contribution in [1.29, 1.82) is 0 Å². The number of nitrogens with zero attached hydrogens (tertiary/aromatic N) is 1. The molecule has 2 aromatic carbocycles. The van der Waals surface area contributed by atoms with Crippen LogP contribution in [0.3, 0.4) is 0 Å². The van der Waals surface area contributed by atoms with E-state index in [4.69, 9.17) is 9.47 Å². The number of rotatable bonds is 4. The summed E-state index contributed by atoms with van der Waals surface area (Å²) in [5.41, 5.74) is 1.64. The fourth-order valence-corrected chi connectivity index (χ4v) is 4.20. The van der Waals surface area contributed by atoms with Crippen LogP contribution in [-0.4, -0.2) is 35.8 Å². The molecule has 146 valence electrons. The maximum atomic E-state index is 12.6. The topological polar surface area (TPSA) is 67.9 Å². The molecule has 6 heteroatoms. The summed E-state index contributed by atoms with van der Waals surface area (Å²) >= 11 is 0. The van der Waals surface area contributed by atoms with Gasteiger partial charge in [-0.1, -0.05) is 48.5 Å². The number of carbonyl (C=O) groups excluding carboxylic acids is 2. The second-order valence-corrected chi connectivity index (χ2v) is 7.29. The molecule has 0 spiro atoms. The standard InChI is InChI=1S/C22H24N2O4/c25-21(23-18-9-5-2-6-10-18)28-19-12-11-17-13-14-24(20(17)19)22(26)27-15-16-7-3-1-4-8-16/h1-10,17,19-20H,11-15H2,(H,23,25)/t17-,19+,20+/m1/s1. The molecular formula is C22H24N2O4. The predicted octanol–water partition coefficient (Wildman–Crippen LogP) is 4.42. The Bertz CT molecular complexity index is 812. The summed E-state index contributed by atoms with van der Waals surface area (Å²) in [5.74, 6) is 0.360. The maximum Gasteiger partial charge on any atom is 0.411 e.